The monoisotopic (exact) mass is 249 g/mol. The van der Waals surface area contributed by atoms with Gasteiger partial charge in [-0.1, -0.05) is 23.3 Å². The first-order valence-electron chi connectivity index (χ1n) is 5.60. The van der Waals surface area contributed by atoms with Crippen molar-refractivity contribution in [3.05, 3.63) is 40.8 Å². The minimum Gasteiger partial charge on any atom is -0.491 e. The second kappa shape index (κ2) is 7.97. The van der Waals surface area contributed by atoms with Crippen LogP contribution in [0, 0.1) is 0 Å². The molecule has 1 aromatic carbocycles. The first-order chi connectivity index (χ1) is 8.72. The van der Waals surface area contributed by atoms with Crippen LogP contribution in [0.1, 0.15) is 13.3 Å². The fourth-order valence-corrected chi connectivity index (χ4v) is 1.26. The van der Waals surface area contributed by atoms with E-state index in [4.69, 9.17) is 15.0 Å². The van der Waals surface area contributed by atoms with Gasteiger partial charge < -0.3 is 9.47 Å². The lowest BCUT2D eigenvalue weighted by atomic mass is 10.3. The van der Waals surface area contributed by atoms with Crippen molar-refractivity contribution in [2.75, 3.05) is 13.2 Å². The highest BCUT2D eigenvalue weighted by atomic mass is 16.5. The Bertz CT molecular complexity index is 416. The predicted octanol–water partition coefficient (Wildman–Crippen LogP) is 2.70. The molecule has 0 aliphatic carbocycles. The molecule has 0 fully saturated rings. The Kier molecular flexibility index (Phi) is 6.14. The third kappa shape index (κ3) is 5.77. The van der Waals surface area contributed by atoms with Gasteiger partial charge in [-0.2, -0.15) is 0 Å². The van der Waals surface area contributed by atoms with Crippen molar-refractivity contribution in [1.29, 1.82) is 0 Å². The van der Waals surface area contributed by atoms with Crippen LogP contribution in [0.5, 0.6) is 5.75 Å². The molecule has 0 unspecified atom stereocenters. The summed E-state index contributed by atoms with van der Waals surface area (Å²) in [6, 6.07) is 9.42. The van der Waals surface area contributed by atoms with Gasteiger partial charge in [0.05, 0.1) is 12.7 Å². The molecule has 6 nitrogen and oxygen atoms in total. The molecule has 0 heterocycles. The molecule has 6 heteroatoms. The fraction of sp³-hybridized carbons (Fsp3) is 0.417. The van der Waals surface area contributed by atoms with Gasteiger partial charge in [0.15, 0.2) is 0 Å². The Hall–Kier alpha value is -2.20. The van der Waals surface area contributed by atoms with E-state index in [1.54, 1.807) is 0 Å². The van der Waals surface area contributed by atoms with E-state index in [1.165, 1.54) is 0 Å². The van der Waals surface area contributed by atoms with Crippen LogP contribution in [0.2, 0.25) is 0 Å². The summed E-state index contributed by atoms with van der Waals surface area (Å²) in [5.41, 5.74) is 8.02. The molecule has 0 saturated carbocycles. The highest BCUT2D eigenvalue weighted by Crippen LogP contribution is 2.12. The second-order valence-electron chi connectivity index (χ2n) is 3.64. The standard InChI is InChI=1S/C12H15N3O3/c1-10(18-11-5-3-2-4-6-11)7-8-17-12(16)9-14-15-13/h2-6,10H,7-9H2,1H3/t10-/m0/s1. The zero-order valence-electron chi connectivity index (χ0n) is 10.2. The molecule has 0 aliphatic heterocycles. The van der Waals surface area contributed by atoms with E-state index >= 15 is 0 Å². The van der Waals surface area contributed by atoms with E-state index in [1.807, 2.05) is 37.3 Å². The molecule has 96 valence electrons. The number of hydrogen-bond donors (Lipinski definition) is 0. The molecule has 0 spiro atoms. The van der Waals surface area contributed by atoms with Gasteiger partial charge in [-0.05, 0) is 24.6 Å². The van der Waals surface area contributed by atoms with E-state index in [-0.39, 0.29) is 19.3 Å². The number of hydrogen-bond acceptors (Lipinski definition) is 4. The zero-order chi connectivity index (χ0) is 13.2. The third-order valence-electron chi connectivity index (χ3n) is 2.13. The third-order valence-corrected chi connectivity index (χ3v) is 2.13. The van der Waals surface area contributed by atoms with Crippen molar-refractivity contribution >= 4 is 5.97 Å². The molecular formula is C12H15N3O3. The predicted molar refractivity (Wildman–Crippen MR) is 66.1 cm³/mol. The lowest BCUT2D eigenvalue weighted by molar-refractivity contribution is -0.142. The van der Waals surface area contributed by atoms with Crippen LogP contribution in [0.4, 0.5) is 0 Å². The van der Waals surface area contributed by atoms with Gasteiger partial charge in [0.25, 0.3) is 0 Å². The number of rotatable bonds is 7. The fourth-order valence-electron chi connectivity index (χ4n) is 1.26. The highest BCUT2D eigenvalue weighted by molar-refractivity contribution is 5.71. The summed E-state index contributed by atoms with van der Waals surface area (Å²) < 4.78 is 10.5. The first-order valence-corrected chi connectivity index (χ1v) is 5.60. The summed E-state index contributed by atoms with van der Waals surface area (Å²) in [4.78, 5) is 13.5. The van der Waals surface area contributed by atoms with Gasteiger partial charge >= 0.3 is 5.97 Å². The molecule has 0 N–H and O–H groups in total. The molecular weight excluding hydrogens is 234 g/mol. The van der Waals surface area contributed by atoms with Crippen LogP contribution in [-0.2, 0) is 9.53 Å². The van der Waals surface area contributed by atoms with Crippen LogP contribution in [0.3, 0.4) is 0 Å². The van der Waals surface area contributed by atoms with Crippen LogP contribution in [0.15, 0.2) is 35.4 Å². The van der Waals surface area contributed by atoms with Crippen LogP contribution < -0.4 is 4.74 Å². The average molecular weight is 249 g/mol. The molecule has 1 atom stereocenters. The number of ether oxygens (including phenoxy) is 2. The lowest BCUT2D eigenvalue weighted by Crippen LogP contribution is -2.17. The van der Waals surface area contributed by atoms with Gasteiger partial charge in [0, 0.05) is 11.3 Å². The summed E-state index contributed by atoms with van der Waals surface area (Å²) in [7, 11) is 0. The van der Waals surface area contributed by atoms with E-state index in [2.05, 4.69) is 10.0 Å². The van der Waals surface area contributed by atoms with Gasteiger partial charge in [-0.3, -0.25) is 4.79 Å². The molecule has 1 aromatic rings. The van der Waals surface area contributed by atoms with E-state index in [9.17, 15) is 4.79 Å². The minimum atomic E-state index is -0.528. The lowest BCUT2D eigenvalue weighted by Gasteiger charge is -2.14. The van der Waals surface area contributed by atoms with Gasteiger partial charge in [0.2, 0.25) is 0 Å². The Morgan fingerprint density at radius 2 is 2.17 bits per heavy atom. The summed E-state index contributed by atoms with van der Waals surface area (Å²) in [6.45, 7) is 1.87. The molecule has 0 aromatic heterocycles. The number of esters is 1. The van der Waals surface area contributed by atoms with Crippen molar-refractivity contribution in [3.63, 3.8) is 0 Å². The number of para-hydroxylation sites is 1. The second-order valence-corrected chi connectivity index (χ2v) is 3.64. The Morgan fingerprint density at radius 1 is 1.44 bits per heavy atom. The van der Waals surface area contributed by atoms with Gasteiger partial charge in [-0.15, -0.1) is 0 Å². The quantitative estimate of drug-likeness (QED) is 0.322. The van der Waals surface area contributed by atoms with Crippen molar-refractivity contribution in [1.82, 2.24) is 0 Å². The summed E-state index contributed by atoms with van der Waals surface area (Å²) >= 11 is 0. The Balaban J connectivity index is 2.19. The topological polar surface area (TPSA) is 84.3 Å². The zero-order valence-corrected chi connectivity index (χ0v) is 10.2. The van der Waals surface area contributed by atoms with Crippen LogP contribution in [-0.4, -0.2) is 25.2 Å². The summed E-state index contributed by atoms with van der Waals surface area (Å²) in [6.07, 6.45) is 0.524. The summed E-state index contributed by atoms with van der Waals surface area (Å²) in [5, 5.41) is 3.11. The van der Waals surface area contributed by atoms with Crippen molar-refractivity contribution in [2.45, 2.75) is 19.4 Å². The number of benzene rings is 1. The molecule has 0 amide bonds. The van der Waals surface area contributed by atoms with Gasteiger partial charge in [0.1, 0.15) is 12.3 Å². The molecule has 0 aliphatic rings. The van der Waals surface area contributed by atoms with Crippen molar-refractivity contribution in [2.24, 2.45) is 5.11 Å². The molecule has 0 saturated heterocycles. The molecule has 0 radical (unpaired) electrons. The smallest absolute Gasteiger partial charge is 0.311 e. The van der Waals surface area contributed by atoms with Crippen LogP contribution in [0.25, 0.3) is 10.4 Å². The number of azide groups is 1. The number of carbonyl (C=O) groups excluding carboxylic acids is 1. The van der Waals surface area contributed by atoms with Crippen molar-refractivity contribution < 1.29 is 14.3 Å². The van der Waals surface area contributed by atoms with E-state index in [0.717, 1.165) is 5.75 Å². The molecule has 18 heavy (non-hydrogen) atoms. The summed E-state index contributed by atoms with van der Waals surface area (Å²) in [5.74, 6) is 0.255. The van der Waals surface area contributed by atoms with E-state index < -0.39 is 5.97 Å². The highest BCUT2D eigenvalue weighted by Gasteiger charge is 2.06. The van der Waals surface area contributed by atoms with Crippen molar-refractivity contribution in [3.8, 4) is 5.75 Å². The van der Waals surface area contributed by atoms with Gasteiger partial charge in [-0.25, -0.2) is 0 Å². The number of nitrogens with zero attached hydrogens (tertiary/aromatic N) is 3. The number of carbonyl (C=O) groups is 1. The maximum absolute atomic E-state index is 11.0. The molecule has 0 bridgehead atoms. The molecule has 1 rings (SSSR count). The largest absolute Gasteiger partial charge is 0.491 e. The Labute approximate surface area is 105 Å². The van der Waals surface area contributed by atoms with Crippen LogP contribution >= 0.6 is 0 Å². The van der Waals surface area contributed by atoms with E-state index in [0.29, 0.717) is 6.42 Å². The minimum absolute atomic E-state index is 0.0559. The SMILES string of the molecule is C[C@@H](CCOC(=O)CN=[N+]=[N-])Oc1ccccc1. The Morgan fingerprint density at radius 3 is 2.83 bits per heavy atom. The maximum atomic E-state index is 11.0. The maximum Gasteiger partial charge on any atom is 0.311 e. The normalized spacial score (nSPS) is 11.2. The average Bonchev–Trinajstić information content (AvgIpc) is 2.37. The first kappa shape index (κ1) is 13.9.